The first-order valence-corrected chi connectivity index (χ1v) is 7.42. The number of carboxylic acid groups (broad SMARTS) is 1. The number of carbonyl (C=O) groups excluding carboxylic acids is 1. The van der Waals surface area contributed by atoms with Gasteiger partial charge in [0.1, 0.15) is 6.04 Å². The van der Waals surface area contributed by atoms with Crippen LogP contribution < -0.4 is 10.6 Å². The van der Waals surface area contributed by atoms with E-state index < -0.39 is 17.4 Å². The van der Waals surface area contributed by atoms with Crippen molar-refractivity contribution in [1.29, 1.82) is 0 Å². The molecule has 0 heterocycles. The highest BCUT2D eigenvalue weighted by atomic mass is 16.4. The molecule has 0 saturated heterocycles. The van der Waals surface area contributed by atoms with E-state index in [9.17, 15) is 14.7 Å². The van der Waals surface area contributed by atoms with Crippen molar-refractivity contribution in [3.8, 4) is 0 Å². The van der Waals surface area contributed by atoms with Gasteiger partial charge in [0.2, 0.25) is 0 Å². The van der Waals surface area contributed by atoms with Crippen LogP contribution in [0.3, 0.4) is 0 Å². The van der Waals surface area contributed by atoms with Gasteiger partial charge in [-0.05, 0) is 23.7 Å². The molecule has 0 bridgehead atoms. The number of amides is 2. The number of urea groups is 1. The summed E-state index contributed by atoms with van der Waals surface area (Å²) in [5.74, 6) is 0.0112. The molecule has 0 aliphatic heterocycles. The predicted octanol–water partition coefficient (Wildman–Crippen LogP) is 2.61. The molecule has 0 aromatic carbocycles. The van der Waals surface area contributed by atoms with Crippen molar-refractivity contribution in [2.75, 3.05) is 0 Å². The van der Waals surface area contributed by atoms with Crippen LogP contribution in [0.25, 0.3) is 0 Å². The fourth-order valence-corrected chi connectivity index (χ4v) is 2.78. The Morgan fingerprint density at radius 3 is 2.30 bits per heavy atom. The second kappa shape index (κ2) is 6.46. The smallest absolute Gasteiger partial charge is 0.326 e. The molecular formula is C15H28N2O3. The van der Waals surface area contributed by atoms with E-state index in [4.69, 9.17) is 0 Å². The minimum Gasteiger partial charge on any atom is -0.480 e. The predicted molar refractivity (Wildman–Crippen MR) is 78.5 cm³/mol. The number of hydrogen-bond donors (Lipinski definition) is 3. The van der Waals surface area contributed by atoms with Crippen LogP contribution in [0, 0.1) is 17.3 Å². The number of carbonyl (C=O) groups is 2. The van der Waals surface area contributed by atoms with Crippen LogP contribution in [0.5, 0.6) is 0 Å². The molecule has 0 aromatic rings. The van der Waals surface area contributed by atoms with Gasteiger partial charge < -0.3 is 15.7 Å². The molecule has 2 amide bonds. The first-order valence-electron chi connectivity index (χ1n) is 7.42. The van der Waals surface area contributed by atoms with Crippen molar-refractivity contribution in [2.45, 2.75) is 66.0 Å². The Kier molecular flexibility index (Phi) is 5.42. The van der Waals surface area contributed by atoms with Gasteiger partial charge in [-0.2, -0.15) is 0 Å². The quantitative estimate of drug-likeness (QED) is 0.745. The van der Waals surface area contributed by atoms with Crippen molar-refractivity contribution in [3.63, 3.8) is 0 Å². The van der Waals surface area contributed by atoms with Gasteiger partial charge in [-0.3, -0.25) is 0 Å². The van der Waals surface area contributed by atoms with Gasteiger partial charge >= 0.3 is 12.0 Å². The standard InChI is InChI=1S/C15H28N2O3/c1-9-7-6-8-11(10(9)2)16-14(20)17-12(13(18)19)15(3,4)5/h9-12H,6-8H2,1-5H3,(H,18,19)(H2,16,17,20). The molecular weight excluding hydrogens is 256 g/mol. The van der Waals surface area contributed by atoms with Gasteiger partial charge in [-0.1, -0.05) is 47.5 Å². The van der Waals surface area contributed by atoms with Crippen molar-refractivity contribution in [1.82, 2.24) is 10.6 Å². The van der Waals surface area contributed by atoms with Crippen LogP contribution in [0.1, 0.15) is 53.9 Å². The second-order valence-corrected chi connectivity index (χ2v) is 7.13. The van der Waals surface area contributed by atoms with Gasteiger partial charge in [0.15, 0.2) is 0 Å². The van der Waals surface area contributed by atoms with E-state index >= 15 is 0 Å². The lowest BCUT2D eigenvalue weighted by Gasteiger charge is -2.35. The highest BCUT2D eigenvalue weighted by Crippen LogP contribution is 2.29. The van der Waals surface area contributed by atoms with Crippen LogP contribution >= 0.6 is 0 Å². The molecule has 5 heteroatoms. The van der Waals surface area contributed by atoms with Gasteiger partial charge in [0.05, 0.1) is 0 Å². The highest BCUT2D eigenvalue weighted by molar-refractivity contribution is 5.83. The fraction of sp³-hybridized carbons (Fsp3) is 0.867. The van der Waals surface area contributed by atoms with Crippen LogP contribution in [0.4, 0.5) is 4.79 Å². The van der Waals surface area contributed by atoms with Gasteiger partial charge in [0, 0.05) is 6.04 Å². The van der Waals surface area contributed by atoms with E-state index in [1.54, 1.807) is 20.8 Å². The molecule has 1 saturated carbocycles. The Balaban J connectivity index is 2.60. The van der Waals surface area contributed by atoms with E-state index in [-0.39, 0.29) is 12.1 Å². The first kappa shape index (κ1) is 16.8. The number of carboxylic acids is 1. The Morgan fingerprint density at radius 1 is 1.20 bits per heavy atom. The van der Waals surface area contributed by atoms with Gasteiger partial charge in [0.25, 0.3) is 0 Å². The molecule has 1 rings (SSSR count). The largest absolute Gasteiger partial charge is 0.480 e. The highest BCUT2D eigenvalue weighted by Gasteiger charge is 2.34. The maximum Gasteiger partial charge on any atom is 0.326 e. The third-order valence-corrected chi connectivity index (χ3v) is 4.41. The monoisotopic (exact) mass is 284 g/mol. The molecule has 0 aromatic heterocycles. The Labute approximate surface area is 121 Å². The van der Waals surface area contributed by atoms with E-state index in [0.717, 1.165) is 12.8 Å². The lowest BCUT2D eigenvalue weighted by atomic mass is 9.78. The number of rotatable bonds is 3. The molecule has 1 aliphatic rings. The summed E-state index contributed by atoms with van der Waals surface area (Å²) in [6, 6.07) is -1.13. The third-order valence-electron chi connectivity index (χ3n) is 4.41. The van der Waals surface area contributed by atoms with Crippen LogP contribution in [0.15, 0.2) is 0 Å². The SMILES string of the molecule is CC1CCCC(NC(=O)NC(C(=O)O)C(C)(C)C)C1C. The minimum atomic E-state index is -1.00. The Hall–Kier alpha value is -1.26. The number of nitrogens with one attached hydrogen (secondary N) is 2. The van der Waals surface area contributed by atoms with Crippen molar-refractivity contribution >= 4 is 12.0 Å². The molecule has 5 nitrogen and oxygen atoms in total. The minimum absolute atomic E-state index is 0.133. The molecule has 20 heavy (non-hydrogen) atoms. The summed E-state index contributed by atoms with van der Waals surface area (Å²) in [7, 11) is 0. The molecule has 3 N–H and O–H groups in total. The summed E-state index contributed by atoms with van der Waals surface area (Å²) >= 11 is 0. The summed E-state index contributed by atoms with van der Waals surface area (Å²) in [5.41, 5.74) is -0.519. The average molecular weight is 284 g/mol. The first-order chi connectivity index (χ1) is 9.12. The Bertz CT molecular complexity index is 363. The molecule has 1 fully saturated rings. The van der Waals surface area contributed by atoms with Crippen molar-refractivity contribution in [3.05, 3.63) is 0 Å². The molecule has 116 valence electrons. The molecule has 0 radical (unpaired) electrons. The maximum atomic E-state index is 12.0. The zero-order valence-electron chi connectivity index (χ0n) is 13.2. The maximum absolute atomic E-state index is 12.0. The topological polar surface area (TPSA) is 78.4 Å². The second-order valence-electron chi connectivity index (χ2n) is 7.13. The number of hydrogen-bond acceptors (Lipinski definition) is 2. The van der Waals surface area contributed by atoms with Gasteiger partial charge in [-0.15, -0.1) is 0 Å². The van der Waals surface area contributed by atoms with E-state index in [2.05, 4.69) is 24.5 Å². The van der Waals surface area contributed by atoms with Crippen LogP contribution in [-0.4, -0.2) is 29.2 Å². The van der Waals surface area contributed by atoms with Crippen molar-refractivity contribution in [2.24, 2.45) is 17.3 Å². The summed E-state index contributed by atoms with van der Waals surface area (Å²) in [5, 5.41) is 14.7. The van der Waals surface area contributed by atoms with E-state index in [1.807, 2.05) is 0 Å². The van der Waals surface area contributed by atoms with E-state index in [1.165, 1.54) is 6.42 Å². The normalized spacial score (nSPS) is 28.6. The zero-order chi connectivity index (χ0) is 15.5. The Morgan fingerprint density at radius 2 is 1.80 bits per heavy atom. The van der Waals surface area contributed by atoms with E-state index in [0.29, 0.717) is 11.8 Å². The summed E-state index contributed by atoms with van der Waals surface area (Å²) in [6.45, 7) is 9.75. The lowest BCUT2D eigenvalue weighted by molar-refractivity contribution is -0.141. The lowest BCUT2D eigenvalue weighted by Crippen LogP contribution is -2.55. The van der Waals surface area contributed by atoms with Gasteiger partial charge in [-0.25, -0.2) is 9.59 Å². The fourth-order valence-electron chi connectivity index (χ4n) is 2.78. The van der Waals surface area contributed by atoms with Crippen LogP contribution in [0.2, 0.25) is 0 Å². The van der Waals surface area contributed by atoms with Crippen molar-refractivity contribution < 1.29 is 14.7 Å². The number of aliphatic carboxylic acids is 1. The molecule has 1 aliphatic carbocycles. The zero-order valence-corrected chi connectivity index (χ0v) is 13.2. The average Bonchev–Trinajstić information content (AvgIpc) is 2.30. The summed E-state index contributed by atoms with van der Waals surface area (Å²) < 4.78 is 0. The summed E-state index contributed by atoms with van der Waals surface area (Å²) in [4.78, 5) is 23.3. The molecule has 4 unspecified atom stereocenters. The summed E-state index contributed by atoms with van der Waals surface area (Å²) in [6.07, 6.45) is 3.27. The third kappa shape index (κ3) is 4.39. The molecule has 0 spiro atoms. The van der Waals surface area contributed by atoms with Crippen LogP contribution in [-0.2, 0) is 4.79 Å². The molecule has 4 atom stereocenters.